The quantitative estimate of drug-likeness (QED) is 0.405. The van der Waals surface area contributed by atoms with Gasteiger partial charge >= 0.3 is 0 Å². The number of piperazine rings is 1. The number of carbonyl (C=O) groups is 2. The van der Waals surface area contributed by atoms with Gasteiger partial charge in [0.25, 0.3) is 11.8 Å². The highest BCUT2D eigenvalue weighted by Gasteiger charge is 2.23. The van der Waals surface area contributed by atoms with Crippen LogP contribution in [0.3, 0.4) is 0 Å². The van der Waals surface area contributed by atoms with Gasteiger partial charge in [-0.1, -0.05) is 30.3 Å². The molecule has 10 heteroatoms. The number of nitrogens with zero attached hydrogens (tertiary/aromatic N) is 3. The highest BCUT2D eigenvalue weighted by Crippen LogP contribution is 2.33. The molecule has 2 amide bonds. The molecule has 6 rings (SSSR count). The Hall–Kier alpha value is -4.12. The van der Waals surface area contributed by atoms with Crippen LogP contribution in [0, 0.1) is 0 Å². The first kappa shape index (κ1) is 28.0. The highest BCUT2D eigenvalue weighted by molar-refractivity contribution is 6.06. The summed E-state index contributed by atoms with van der Waals surface area (Å²) in [4.78, 5) is 33.6. The fourth-order valence-corrected chi connectivity index (χ4v) is 5.55. The maximum atomic E-state index is 13.6. The average molecular weight is 572 g/mol. The molecule has 220 valence electrons. The summed E-state index contributed by atoms with van der Waals surface area (Å²) >= 11 is 0. The molecule has 3 aliphatic heterocycles. The van der Waals surface area contributed by atoms with Gasteiger partial charge in [0, 0.05) is 75.8 Å². The molecule has 0 spiro atoms. The second kappa shape index (κ2) is 13.2. The lowest BCUT2D eigenvalue weighted by Gasteiger charge is -2.37. The summed E-state index contributed by atoms with van der Waals surface area (Å²) < 4.78 is 16.2. The molecular weight excluding hydrogens is 534 g/mol. The Labute approximate surface area is 246 Å². The molecule has 0 atom stereocenters. The van der Waals surface area contributed by atoms with Crippen LogP contribution in [0.5, 0.6) is 11.5 Å². The highest BCUT2D eigenvalue weighted by atomic mass is 16.7. The maximum absolute atomic E-state index is 13.6. The molecule has 3 aliphatic rings. The van der Waals surface area contributed by atoms with Gasteiger partial charge in [0.15, 0.2) is 11.5 Å². The zero-order valence-electron chi connectivity index (χ0n) is 23.7. The Morgan fingerprint density at radius 1 is 0.762 bits per heavy atom. The van der Waals surface area contributed by atoms with E-state index in [1.54, 1.807) is 24.3 Å². The molecule has 2 saturated heterocycles. The van der Waals surface area contributed by atoms with Crippen molar-refractivity contribution in [3.05, 3.63) is 83.4 Å². The molecule has 3 aromatic rings. The number of rotatable bonds is 9. The van der Waals surface area contributed by atoms with Crippen molar-refractivity contribution in [3.63, 3.8) is 0 Å². The van der Waals surface area contributed by atoms with Crippen LogP contribution in [0.25, 0.3) is 0 Å². The van der Waals surface area contributed by atoms with Crippen molar-refractivity contribution in [1.82, 2.24) is 15.1 Å². The molecule has 2 N–H and O–H groups in total. The van der Waals surface area contributed by atoms with Crippen LogP contribution < -0.4 is 25.0 Å². The molecule has 2 fully saturated rings. The number of anilines is 2. The summed E-state index contributed by atoms with van der Waals surface area (Å²) in [7, 11) is 0. The van der Waals surface area contributed by atoms with Gasteiger partial charge in [0.2, 0.25) is 6.79 Å². The van der Waals surface area contributed by atoms with Crippen LogP contribution in [0.2, 0.25) is 0 Å². The number of morpholine rings is 1. The standard InChI is InChI=1S/C32H37N5O5/c38-31(25-6-9-29-30(20-25)42-23-41-29)34-26-7-8-28(27(21-26)32(39)33-10-11-35-16-18-40-19-17-35)37-14-12-36(13-15-37)22-24-4-2-1-3-5-24/h1-9,20-21H,10-19,22-23H2,(H,33,39)(H,34,38). The molecular formula is C32H37N5O5. The Balaban J connectivity index is 1.15. The molecule has 3 aromatic carbocycles. The van der Waals surface area contributed by atoms with Gasteiger partial charge in [-0.05, 0) is 42.0 Å². The van der Waals surface area contributed by atoms with E-state index in [1.807, 2.05) is 18.2 Å². The molecule has 0 aromatic heterocycles. The maximum Gasteiger partial charge on any atom is 0.255 e. The summed E-state index contributed by atoms with van der Waals surface area (Å²) in [5.74, 6) is 0.735. The molecule has 10 nitrogen and oxygen atoms in total. The monoisotopic (exact) mass is 571 g/mol. The molecule has 0 saturated carbocycles. The van der Waals surface area contributed by atoms with Gasteiger partial charge in [-0.3, -0.25) is 19.4 Å². The topological polar surface area (TPSA) is 95.6 Å². The molecule has 0 bridgehead atoms. The molecule has 0 unspecified atom stereocenters. The van der Waals surface area contributed by atoms with E-state index in [1.165, 1.54) is 5.56 Å². The van der Waals surface area contributed by atoms with Crippen molar-refractivity contribution in [3.8, 4) is 11.5 Å². The van der Waals surface area contributed by atoms with Crippen molar-refractivity contribution >= 4 is 23.2 Å². The van der Waals surface area contributed by atoms with E-state index in [2.05, 4.69) is 49.6 Å². The number of hydrogen-bond acceptors (Lipinski definition) is 8. The van der Waals surface area contributed by atoms with Crippen LogP contribution in [-0.2, 0) is 11.3 Å². The van der Waals surface area contributed by atoms with E-state index in [9.17, 15) is 9.59 Å². The van der Waals surface area contributed by atoms with Gasteiger partial charge in [-0.25, -0.2) is 0 Å². The van der Waals surface area contributed by atoms with E-state index < -0.39 is 0 Å². The number of hydrogen-bond donors (Lipinski definition) is 2. The van der Waals surface area contributed by atoms with Crippen LogP contribution in [0.4, 0.5) is 11.4 Å². The lowest BCUT2D eigenvalue weighted by Crippen LogP contribution is -2.46. The van der Waals surface area contributed by atoms with Gasteiger partial charge in [-0.15, -0.1) is 0 Å². The summed E-state index contributed by atoms with van der Waals surface area (Å²) in [5, 5.41) is 6.06. The third kappa shape index (κ3) is 6.84. The van der Waals surface area contributed by atoms with E-state index >= 15 is 0 Å². The summed E-state index contributed by atoms with van der Waals surface area (Å²) in [6, 6.07) is 21.2. The van der Waals surface area contributed by atoms with Crippen molar-refractivity contribution in [1.29, 1.82) is 0 Å². The van der Waals surface area contributed by atoms with Gasteiger partial charge in [0.05, 0.1) is 18.8 Å². The molecule has 3 heterocycles. The third-order valence-corrected chi connectivity index (χ3v) is 7.91. The second-order valence-electron chi connectivity index (χ2n) is 10.7. The van der Waals surface area contributed by atoms with Gasteiger partial charge in [0.1, 0.15) is 0 Å². The summed E-state index contributed by atoms with van der Waals surface area (Å²) in [5.41, 5.74) is 3.74. The zero-order chi connectivity index (χ0) is 28.7. The SMILES string of the molecule is O=C(Nc1ccc(N2CCN(Cc3ccccc3)CC2)c(C(=O)NCCN2CCOCC2)c1)c1ccc2c(c1)OCO2. The fourth-order valence-electron chi connectivity index (χ4n) is 5.55. The minimum atomic E-state index is -0.283. The molecule has 42 heavy (non-hydrogen) atoms. The van der Waals surface area contributed by atoms with Crippen LogP contribution in [-0.4, -0.2) is 94.0 Å². The lowest BCUT2D eigenvalue weighted by molar-refractivity contribution is 0.0383. The first-order chi connectivity index (χ1) is 20.6. The van der Waals surface area contributed by atoms with Crippen molar-refractivity contribution in [2.24, 2.45) is 0 Å². The Kier molecular flexibility index (Phi) is 8.83. The first-order valence-electron chi connectivity index (χ1n) is 14.6. The van der Waals surface area contributed by atoms with E-state index in [0.717, 1.165) is 71.3 Å². The number of amides is 2. The smallest absolute Gasteiger partial charge is 0.255 e. The Morgan fingerprint density at radius 3 is 2.36 bits per heavy atom. The molecule has 0 radical (unpaired) electrons. The van der Waals surface area contributed by atoms with Crippen molar-refractivity contribution in [2.45, 2.75) is 6.54 Å². The van der Waals surface area contributed by atoms with E-state index in [0.29, 0.717) is 34.9 Å². The van der Waals surface area contributed by atoms with Crippen molar-refractivity contribution < 1.29 is 23.8 Å². The van der Waals surface area contributed by atoms with Crippen LogP contribution in [0.15, 0.2) is 66.7 Å². The third-order valence-electron chi connectivity index (χ3n) is 7.91. The minimum absolute atomic E-state index is 0.145. The molecule has 0 aliphatic carbocycles. The van der Waals surface area contributed by atoms with E-state index in [4.69, 9.17) is 14.2 Å². The first-order valence-corrected chi connectivity index (χ1v) is 14.6. The lowest BCUT2D eigenvalue weighted by atomic mass is 10.1. The normalized spacial score (nSPS) is 17.2. The summed E-state index contributed by atoms with van der Waals surface area (Å²) in [6.45, 7) is 8.96. The second-order valence-corrected chi connectivity index (χ2v) is 10.7. The zero-order valence-corrected chi connectivity index (χ0v) is 23.7. The number of benzene rings is 3. The number of nitrogens with one attached hydrogen (secondary N) is 2. The average Bonchev–Trinajstić information content (AvgIpc) is 3.51. The van der Waals surface area contributed by atoms with Crippen LogP contribution >= 0.6 is 0 Å². The van der Waals surface area contributed by atoms with Gasteiger partial charge < -0.3 is 29.7 Å². The Bertz CT molecular complexity index is 1390. The van der Waals surface area contributed by atoms with Crippen LogP contribution in [0.1, 0.15) is 26.3 Å². The van der Waals surface area contributed by atoms with E-state index in [-0.39, 0.29) is 18.6 Å². The predicted octanol–water partition coefficient (Wildman–Crippen LogP) is 3.05. The number of fused-ring (bicyclic) bond motifs is 1. The number of carbonyl (C=O) groups excluding carboxylic acids is 2. The van der Waals surface area contributed by atoms with Crippen molar-refractivity contribution in [2.75, 3.05) is 82.6 Å². The Morgan fingerprint density at radius 2 is 1.55 bits per heavy atom. The minimum Gasteiger partial charge on any atom is -0.454 e. The largest absolute Gasteiger partial charge is 0.454 e. The summed E-state index contributed by atoms with van der Waals surface area (Å²) in [6.07, 6.45) is 0. The van der Waals surface area contributed by atoms with Gasteiger partial charge in [-0.2, -0.15) is 0 Å². The fraction of sp³-hybridized carbons (Fsp3) is 0.375. The number of ether oxygens (including phenoxy) is 3. The predicted molar refractivity (Wildman–Crippen MR) is 160 cm³/mol.